The summed E-state index contributed by atoms with van der Waals surface area (Å²) in [6.45, 7) is 8.34. The van der Waals surface area contributed by atoms with E-state index in [1.54, 1.807) is 0 Å². The lowest BCUT2D eigenvalue weighted by Gasteiger charge is -2.25. The summed E-state index contributed by atoms with van der Waals surface area (Å²) in [6.07, 6.45) is 0. The lowest BCUT2D eigenvalue weighted by Crippen LogP contribution is -2.30. The number of hydrogen-bond donors (Lipinski definition) is 2. The van der Waals surface area contributed by atoms with Gasteiger partial charge in [-0.25, -0.2) is 0 Å². The second kappa shape index (κ2) is 5.71. The van der Waals surface area contributed by atoms with E-state index in [1.165, 1.54) is 0 Å². The first-order chi connectivity index (χ1) is 7.89. The average molecular weight is 256 g/mol. The van der Waals surface area contributed by atoms with Crippen LogP contribution in [0.4, 0.5) is 5.69 Å². The minimum absolute atomic E-state index is 0.0521. The molecule has 0 fully saturated rings. The predicted octanol–water partition coefficient (Wildman–Crippen LogP) is 1.34. The van der Waals surface area contributed by atoms with Gasteiger partial charge in [0.15, 0.2) is 0 Å². The molecule has 0 bridgehead atoms. The monoisotopic (exact) mass is 256 g/mol. The summed E-state index contributed by atoms with van der Waals surface area (Å²) >= 11 is 5.08. The largest absolute Gasteiger partial charge is 0.379 e. The van der Waals surface area contributed by atoms with Crippen LogP contribution >= 0.6 is 12.2 Å². The zero-order chi connectivity index (χ0) is 13.1. The highest BCUT2D eigenvalue weighted by Gasteiger charge is 2.27. The zero-order valence-corrected chi connectivity index (χ0v) is 11.4. The first-order valence-corrected chi connectivity index (χ1v) is 6.16. The number of rotatable bonds is 6. The Hall–Kier alpha value is -0.780. The van der Waals surface area contributed by atoms with E-state index in [4.69, 9.17) is 22.7 Å². The van der Waals surface area contributed by atoms with E-state index in [1.807, 2.05) is 20.8 Å². The minimum Gasteiger partial charge on any atom is -0.379 e. The number of anilines is 1. The first-order valence-electron chi connectivity index (χ1n) is 5.75. The lowest BCUT2D eigenvalue weighted by molar-refractivity contribution is 0.151. The molecule has 0 aliphatic carbocycles. The number of ether oxygens (including phenoxy) is 1. The summed E-state index contributed by atoms with van der Waals surface area (Å²) in [4.78, 5) is 11.6. The molecular weight excluding hydrogens is 236 g/mol. The Kier molecular flexibility index (Phi) is 4.80. The second-order valence-electron chi connectivity index (χ2n) is 4.99. The zero-order valence-electron chi connectivity index (χ0n) is 10.6. The molecule has 0 spiro atoms. The predicted molar refractivity (Wildman–Crippen MR) is 73.0 cm³/mol. The molecule has 5 heteroatoms. The van der Waals surface area contributed by atoms with Crippen molar-refractivity contribution in [1.29, 1.82) is 0 Å². The fourth-order valence-corrected chi connectivity index (χ4v) is 2.22. The van der Waals surface area contributed by atoms with Gasteiger partial charge in [0.05, 0.1) is 23.4 Å². The van der Waals surface area contributed by atoms with E-state index in [0.717, 1.165) is 5.56 Å². The van der Waals surface area contributed by atoms with Gasteiger partial charge in [0.25, 0.3) is 0 Å². The van der Waals surface area contributed by atoms with Gasteiger partial charge in [-0.3, -0.25) is 4.79 Å². The summed E-state index contributed by atoms with van der Waals surface area (Å²) in [5.74, 6) is 0. The minimum atomic E-state index is -0.0918. The molecule has 4 nitrogen and oxygen atoms in total. The van der Waals surface area contributed by atoms with Crippen molar-refractivity contribution in [3.8, 4) is 0 Å². The van der Waals surface area contributed by atoms with Crippen LogP contribution in [-0.4, -0.2) is 26.3 Å². The molecule has 96 valence electrons. The number of nitrogens with one attached hydrogen (secondary N) is 1. The molecule has 0 atom stereocenters. The third-order valence-corrected chi connectivity index (χ3v) is 2.86. The maximum Gasteiger partial charge on any atom is 0.220 e. The molecule has 0 amide bonds. The van der Waals surface area contributed by atoms with E-state index in [-0.39, 0.29) is 10.8 Å². The SMILES string of the molecule is CC(C)(C)c1c(NCCOCCN)c(=O)c1=S. The summed E-state index contributed by atoms with van der Waals surface area (Å²) in [7, 11) is 0. The molecule has 0 aromatic heterocycles. The Morgan fingerprint density at radius 3 is 2.53 bits per heavy atom. The van der Waals surface area contributed by atoms with Gasteiger partial charge in [-0.05, 0) is 5.41 Å². The Morgan fingerprint density at radius 2 is 2.00 bits per heavy atom. The quantitative estimate of drug-likeness (QED) is 0.594. The van der Waals surface area contributed by atoms with Gasteiger partial charge in [0, 0.05) is 18.7 Å². The molecule has 0 saturated carbocycles. The van der Waals surface area contributed by atoms with Gasteiger partial charge >= 0.3 is 0 Å². The van der Waals surface area contributed by atoms with E-state index < -0.39 is 0 Å². The molecular formula is C12H20N2O2S. The molecule has 3 N–H and O–H groups in total. The highest BCUT2D eigenvalue weighted by atomic mass is 32.1. The van der Waals surface area contributed by atoms with Crippen LogP contribution in [0.15, 0.2) is 4.79 Å². The third kappa shape index (κ3) is 3.34. The van der Waals surface area contributed by atoms with Crippen molar-refractivity contribution in [3.63, 3.8) is 0 Å². The molecule has 1 rings (SSSR count). The number of hydrogen-bond acceptors (Lipinski definition) is 5. The van der Waals surface area contributed by atoms with Crippen molar-refractivity contribution < 1.29 is 4.74 Å². The highest BCUT2D eigenvalue weighted by molar-refractivity contribution is 7.71. The van der Waals surface area contributed by atoms with Crippen molar-refractivity contribution in [1.82, 2.24) is 0 Å². The maximum absolute atomic E-state index is 11.6. The van der Waals surface area contributed by atoms with Gasteiger partial charge in [0.1, 0.15) is 0 Å². The van der Waals surface area contributed by atoms with Crippen molar-refractivity contribution in [2.24, 2.45) is 5.73 Å². The summed E-state index contributed by atoms with van der Waals surface area (Å²) in [5.41, 5.74) is 6.76. The van der Waals surface area contributed by atoms with E-state index in [2.05, 4.69) is 5.32 Å². The van der Waals surface area contributed by atoms with Crippen LogP contribution in [0.3, 0.4) is 0 Å². The van der Waals surface area contributed by atoms with Gasteiger partial charge in [-0.1, -0.05) is 33.0 Å². The summed E-state index contributed by atoms with van der Waals surface area (Å²) < 4.78 is 5.69. The van der Waals surface area contributed by atoms with Crippen molar-refractivity contribution in [2.75, 3.05) is 31.6 Å². The van der Waals surface area contributed by atoms with Crippen LogP contribution in [0, 0.1) is 4.51 Å². The van der Waals surface area contributed by atoms with Crippen molar-refractivity contribution in [2.45, 2.75) is 26.2 Å². The van der Waals surface area contributed by atoms with Crippen LogP contribution in [-0.2, 0) is 10.2 Å². The summed E-state index contributed by atoms with van der Waals surface area (Å²) in [5, 5.41) is 3.09. The van der Waals surface area contributed by atoms with Crippen LogP contribution in [0.5, 0.6) is 0 Å². The van der Waals surface area contributed by atoms with Crippen LogP contribution in [0.1, 0.15) is 26.3 Å². The van der Waals surface area contributed by atoms with E-state index in [0.29, 0.717) is 36.5 Å². The standard InChI is InChI=1S/C12H20N2O2S/c1-12(2,3)8-9(10(15)11(8)17)14-5-7-16-6-4-13/h14H,4-7,13H2,1-3H3. The first kappa shape index (κ1) is 14.3. The molecule has 0 heterocycles. The maximum atomic E-state index is 11.6. The third-order valence-electron chi connectivity index (χ3n) is 2.47. The Labute approximate surface area is 107 Å². The van der Waals surface area contributed by atoms with E-state index in [9.17, 15) is 4.79 Å². The van der Waals surface area contributed by atoms with Gasteiger partial charge in [-0.15, -0.1) is 0 Å². The van der Waals surface area contributed by atoms with Crippen LogP contribution < -0.4 is 16.5 Å². The molecule has 0 unspecified atom stereocenters. The van der Waals surface area contributed by atoms with Gasteiger partial charge in [-0.2, -0.15) is 0 Å². The molecule has 0 aliphatic rings. The molecule has 0 radical (unpaired) electrons. The number of nitrogens with two attached hydrogens (primary N) is 1. The average Bonchev–Trinajstić information content (AvgIpc) is 2.24. The molecule has 1 aromatic carbocycles. The Balaban J connectivity index is 2.58. The summed E-state index contributed by atoms with van der Waals surface area (Å²) in [6, 6.07) is 0. The van der Waals surface area contributed by atoms with Crippen LogP contribution in [0.2, 0.25) is 0 Å². The van der Waals surface area contributed by atoms with Gasteiger partial charge in [0.2, 0.25) is 5.43 Å². The van der Waals surface area contributed by atoms with Crippen molar-refractivity contribution >= 4 is 17.9 Å². The normalized spacial score (nSPS) is 12.0. The Bertz CT molecular complexity index is 442. The smallest absolute Gasteiger partial charge is 0.220 e. The van der Waals surface area contributed by atoms with Crippen LogP contribution in [0.25, 0.3) is 0 Å². The molecule has 17 heavy (non-hydrogen) atoms. The Morgan fingerprint density at radius 1 is 1.35 bits per heavy atom. The van der Waals surface area contributed by atoms with Gasteiger partial charge < -0.3 is 15.8 Å². The lowest BCUT2D eigenvalue weighted by atomic mass is 9.83. The fraction of sp³-hybridized carbons (Fsp3) is 0.667. The fourth-order valence-electron chi connectivity index (χ4n) is 1.71. The topological polar surface area (TPSA) is 64.3 Å². The van der Waals surface area contributed by atoms with E-state index >= 15 is 0 Å². The van der Waals surface area contributed by atoms with Crippen molar-refractivity contribution in [3.05, 3.63) is 20.3 Å². The molecule has 1 aromatic rings. The molecule has 0 aliphatic heterocycles. The highest BCUT2D eigenvalue weighted by Crippen LogP contribution is 2.30. The molecule has 0 saturated heterocycles. The second-order valence-corrected chi connectivity index (χ2v) is 5.39.